The van der Waals surface area contributed by atoms with Crippen LogP contribution in [0.3, 0.4) is 0 Å². The minimum atomic E-state index is -0.332. The summed E-state index contributed by atoms with van der Waals surface area (Å²) in [6.45, 7) is 1.74. The zero-order chi connectivity index (χ0) is 15.5. The predicted octanol–water partition coefficient (Wildman–Crippen LogP) is 2.36. The van der Waals surface area contributed by atoms with Crippen LogP contribution in [0.5, 0.6) is 0 Å². The van der Waals surface area contributed by atoms with Crippen molar-refractivity contribution in [1.82, 2.24) is 20.2 Å². The quantitative estimate of drug-likeness (QED) is 0.805. The molecule has 1 N–H and O–H groups in total. The summed E-state index contributed by atoms with van der Waals surface area (Å²) in [6.07, 6.45) is 1.47. The first kappa shape index (κ1) is 13.9. The summed E-state index contributed by atoms with van der Waals surface area (Å²) in [5, 5.41) is 13.6. The normalized spacial score (nSPS) is 10.5. The van der Waals surface area contributed by atoms with Crippen LogP contribution < -0.4 is 5.32 Å². The Balaban J connectivity index is 1.77. The van der Waals surface area contributed by atoms with Crippen LogP contribution in [0, 0.1) is 12.7 Å². The number of nitrogens with zero attached hydrogens (tertiary/aromatic N) is 4. The smallest absolute Gasteiger partial charge is 0.255 e. The molecule has 0 fully saturated rings. The molecule has 1 aromatic heterocycles. The molecule has 7 heteroatoms. The molecular weight excluding hydrogens is 285 g/mol. The van der Waals surface area contributed by atoms with Gasteiger partial charge in [0.2, 0.25) is 0 Å². The van der Waals surface area contributed by atoms with Crippen molar-refractivity contribution in [3.05, 3.63) is 65.7 Å². The van der Waals surface area contributed by atoms with E-state index in [1.165, 1.54) is 29.2 Å². The van der Waals surface area contributed by atoms with E-state index in [4.69, 9.17) is 0 Å². The fourth-order valence-corrected chi connectivity index (χ4v) is 2.01. The molecule has 0 aliphatic carbocycles. The van der Waals surface area contributed by atoms with E-state index >= 15 is 0 Å². The van der Waals surface area contributed by atoms with Gasteiger partial charge in [-0.1, -0.05) is 0 Å². The molecule has 0 unspecified atom stereocenters. The molecule has 0 radical (unpaired) electrons. The third-order valence-electron chi connectivity index (χ3n) is 3.18. The molecule has 1 amide bonds. The Morgan fingerprint density at radius 1 is 1.18 bits per heavy atom. The summed E-state index contributed by atoms with van der Waals surface area (Å²) in [6, 6.07) is 11.0. The topological polar surface area (TPSA) is 72.7 Å². The maximum Gasteiger partial charge on any atom is 0.255 e. The number of carbonyl (C=O) groups excluding carboxylic acids is 1. The average Bonchev–Trinajstić information content (AvgIpc) is 3.04. The summed E-state index contributed by atoms with van der Waals surface area (Å²) in [5.41, 5.74) is 2.48. The highest BCUT2D eigenvalue weighted by Crippen LogP contribution is 2.17. The lowest BCUT2D eigenvalue weighted by molar-refractivity contribution is 0.102. The molecular formula is C15H12FN5O. The minimum absolute atomic E-state index is 0.266. The summed E-state index contributed by atoms with van der Waals surface area (Å²) < 4.78 is 14.5. The number of hydrogen-bond acceptors (Lipinski definition) is 4. The summed E-state index contributed by atoms with van der Waals surface area (Å²) in [5.74, 6) is -0.598. The fourth-order valence-electron chi connectivity index (χ4n) is 2.01. The third kappa shape index (κ3) is 2.83. The Kier molecular flexibility index (Phi) is 3.61. The number of aryl methyl sites for hydroxylation is 1. The molecule has 0 atom stereocenters. The Hall–Kier alpha value is -3.09. The van der Waals surface area contributed by atoms with Crippen LogP contribution >= 0.6 is 0 Å². The van der Waals surface area contributed by atoms with Crippen LogP contribution in [0.1, 0.15) is 15.9 Å². The number of nitrogens with one attached hydrogen (secondary N) is 1. The highest BCUT2D eigenvalue weighted by molar-refractivity contribution is 6.04. The first-order valence-electron chi connectivity index (χ1n) is 6.54. The van der Waals surface area contributed by atoms with Gasteiger partial charge < -0.3 is 5.32 Å². The van der Waals surface area contributed by atoms with Crippen molar-refractivity contribution in [1.29, 1.82) is 0 Å². The largest absolute Gasteiger partial charge is 0.322 e. The van der Waals surface area contributed by atoms with E-state index in [9.17, 15) is 9.18 Å². The number of anilines is 1. The summed E-state index contributed by atoms with van der Waals surface area (Å²) in [7, 11) is 0. The monoisotopic (exact) mass is 297 g/mol. The molecule has 0 saturated carbocycles. The first-order valence-corrected chi connectivity index (χ1v) is 6.54. The van der Waals surface area contributed by atoms with E-state index in [0.717, 1.165) is 5.69 Å². The van der Waals surface area contributed by atoms with Crippen molar-refractivity contribution >= 4 is 11.6 Å². The van der Waals surface area contributed by atoms with E-state index in [2.05, 4.69) is 20.8 Å². The Morgan fingerprint density at radius 3 is 2.59 bits per heavy atom. The molecule has 6 nitrogen and oxygen atoms in total. The van der Waals surface area contributed by atoms with Crippen LogP contribution in [-0.2, 0) is 0 Å². The van der Waals surface area contributed by atoms with Gasteiger partial charge in [-0.2, -0.15) is 0 Å². The molecule has 0 aliphatic heterocycles. The molecule has 110 valence electrons. The highest BCUT2D eigenvalue weighted by atomic mass is 19.1. The van der Waals surface area contributed by atoms with Crippen LogP contribution in [-0.4, -0.2) is 26.1 Å². The molecule has 2 aromatic carbocycles. The Morgan fingerprint density at radius 2 is 1.95 bits per heavy atom. The maximum atomic E-state index is 13.1. The number of amides is 1. The number of carbonyl (C=O) groups is 1. The average molecular weight is 297 g/mol. The van der Waals surface area contributed by atoms with Gasteiger partial charge >= 0.3 is 0 Å². The van der Waals surface area contributed by atoms with Gasteiger partial charge in [0, 0.05) is 11.3 Å². The molecule has 0 saturated heterocycles. The molecule has 1 heterocycles. The predicted molar refractivity (Wildman–Crippen MR) is 78.2 cm³/mol. The van der Waals surface area contributed by atoms with Gasteiger partial charge in [-0.3, -0.25) is 4.79 Å². The second kappa shape index (κ2) is 5.72. The van der Waals surface area contributed by atoms with Crippen molar-refractivity contribution < 1.29 is 9.18 Å². The Labute approximate surface area is 125 Å². The first-order chi connectivity index (χ1) is 10.6. The van der Waals surface area contributed by atoms with Crippen LogP contribution in [0.2, 0.25) is 0 Å². The van der Waals surface area contributed by atoms with E-state index < -0.39 is 0 Å². The second-order valence-electron chi connectivity index (χ2n) is 4.71. The SMILES string of the molecule is Cc1cc(F)ccc1NC(=O)c1ccc(-n2cnnn2)cc1. The molecule has 0 spiro atoms. The number of rotatable bonds is 3. The highest BCUT2D eigenvalue weighted by Gasteiger charge is 2.09. The van der Waals surface area contributed by atoms with Gasteiger partial charge in [0.25, 0.3) is 5.91 Å². The van der Waals surface area contributed by atoms with Gasteiger partial charge in [0.1, 0.15) is 12.1 Å². The van der Waals surface area contributed by atoms with Crippen LogP contribution in [0.15, 0.2) is 48.8 Å². The van der Waals surface area contributed by atoms with Gasteiger partial charge in [0.05, 0.1) is 5.69 Å². The van der Waals surface area contributed by atoms with E-state index in [0.29, 0.717) is 16.8 Å². The summed E-state index contributed by atoms with van der Waals surface area (Å²) >= 11 is 0. The second-order valence-corrected chi connectivity index (χ2v) is 4.71. The van der Waals surface area contributed by atoms with E-state index in [-0.39, 0.29) is 11.7 Å². The lowest BCUT2D eigenvalue weighted by atomic mass is 10.1. The third-order valence-corrected chi connectivity index (χ3v) is 3.18. The maximum absolute atomic E-state index is 13.1. The summed E-state index contributed by atoms with van der Waals surface area (Å²) in [4.78, 5) is 12.2. The molecule has 0 aliphatic rings. The number of halogens is 1. The standard InChI is InChI=1S/C15H12FN5O/c1-10-8-12(16)4-7-14(10)18-15(22)11-2-5-13(6-3-11)21-9-17-19-20-21/h2-9H,1H3,(H,18,22). The number of hydrogen-bond donors (Lipinski definition) is 1. The minimum Gasteiger partial charge on any atom is -0.322 e. The molecule has 0 bridgehead atoms. The number of aromatic nitrogens is 4. The van der Waals surface area contributed by atoms with Crippen molar-refractivity contribution in [2.45, 2.75) is 6.92 Å². The number of tetrazole rings is 1. The van der Waals surface area contributed by atoms with Gasteiger partial charge in [-0.15, -0.1) is 5.10 Å². The molecule has 22 heavy (non-hydrogen) atoms. The van der Waals surface area contributed by atoms with Crippen LogP contribution in [0.25, 0.3) is 5.69 Å². The fraction of sp³-hybridized carbons (Fsp3) is 0.0667. The van der Waals surface area contributed by atoms with Crippen molar-refractivity contribution in [2.24, 2.45) is 0 Å². The van der Waals surface area contributed by atoms with Crippen molar-refractivity contribution in [2.75, 3.05) is 5.32 Å². The van der Waals surface area contributed by atoms with Crippen molar-refractivity contribution in [3.8, 4) is 5.69 Å². The zero-order valence-electron chi connectivity index (χ0n) is 11.7. The van der Waals surface area contributed by atoms with Gasteiger partial charge in [-0.25, -0.2) is 9.07 Å². The lowest BCUT2D eigenvalue weighted by Gasteiger charge is -2.09. The Bertz CT molecular complexity index is 799. The van der Waals surface area contributed by atoms with Gasteiger partial charge in [-0.05, 0) is 65.4 Å². The van der Waals surface area contributed by atoms with E-state index in [1.807, 2.05) is 0 Å². The number of benzene rings is 2. The van der Waals surface area contributed by atoms with Crippen molar-refractivity contribution in [3.63, 3.8) is 0 Å². The molecule has 3 aromatic rings. The van der Waals surface area contributed by atoms with E-state index in [1.54, 1.807) is 31.2 Å². The molecule has 3 rings (SSSR count). The van der Waals surface area contributed by atoms with Gasteiger partial charge in [0.15, 0.2) is 0 Å². The van der Waals surface area contributed by atoms with Crippen LogP contribution in [0.4, 0.5) is 10.1 Å². The zero-order valence-corrected chi connectivity index (χ0v) is 11.7. The lowest BCUT2D eigenvalue weighted by Crippen LogP contribution is -2.13.